The van der Waals surface area contributed by atoms with Gasteiger partial charge in [0.05, 0.1) is 11.4 Å². The van der Waals surface area contributed by atoms with Crippen molar-refractivity contribution in [3.8, 4) is 5.75 Å². The van der Waals surface area contributed by atoms with Crippen LogP contribution in [0.25, 0.3) is 0 Å². The molecule has 2 aromatic carbocycles. The normalized spacial score (nSPS) is 11.2. The smallest absolute Gasteiger partial charge is 0.238 e. The van der Waals surface area contributed by atoms with Gasteiger partial charge in [-0.2, -0.15) is 0 Å². The molecule has 0 radical (unpaired) electrons. The molecule has 2 rings (SSSR count). The number of likely N-dealkylation sites (N-methyl/N-ethyl adjacent to an activating group) is 1. The van der Waals surface area contributed by atoms with E-state index >= 15 is 0 Å². The molecule has 7 heteroatoms. The Morgan fingerprint density at radius 2 is 1.76 bits per heavy atom. The fourth-order valence-electron chi connectivity index (χ4n) is 2.13. The number of ether oxygens (including phenoxy) is 1. The van der Waals surface area contributed by atoms with Crippen molar-refractivity contribution in [3.63, 3.8) is 0 Å². The molecule has 0 fully saturated rings. The second-order valence-corrected chi connectivity index (χ2v) is 8.07. The monoisotopic (exact) mass is 381 g/mol. The maximum absolute atomic E-state index is 12.3. The number of rotatable bonds is 7. The number of halogens is 1. The molecule has 2 aromatic rings. The summed E-state index contributed by atoms with van der Waals surface area (Å²) in [5.74, 6) is -0.323. The van der Waals surface area contributed by atoms with Crippen LogP contribution in [0, 0.1) is 6.92 Å². The van der Waals surface area contributed by atoms with Gasteiger partial charge in [0, 0.05) is 12.1 Å². The minimum atomic E-state index is -3.70. The second-order valence-electron chi connectivity index (χ2n) is 5.64. The molecule has 0 aliphatic heterocycles. The molecule has 0 spiro atoms. The third kappa shape index (κ3) is 5.47. The first-order chi connectivity index (χ1) is 11.8. The van der Waals surface area contributed by atoms with E-state index in [0.29, 0.717) is 11.6 Å². The number of amides is 1. The molecule has 0 aliphatic rings. The summed E-state index contributed by atoms with van der Waals surface area (Å²) in [6.07, 6.45) is 0. The quantitative estimate of drug-likeness (QED) is 0.739. The second kappa shape index (κ2) is 8.36. The Labute approximate surface area is 153 Å². The van der Waals surface area contributed by atoms with Gasteiger partial charge in [-0.1, -0.05) is 29.8 Å². The van der Waals surface area contributed by atoms with E-state index < -0.39 is 21.5 Å². The highest BCUT2D eigenvalue weighted by atomic mass is 35.5. The van der Waals surface area contributed by atoms with E-state index in [1.165, 1.54) is 29.2 Å². The number of sulfone groups is 1. The van der Waals surface area contributed by atoms with Crippen LogP contribution in [-0.4, -0.2) is 45.2 Å². The van der Waals surface area contributed by atoms with Crippen LogP contribution in [0.2, 0.25) is 5.02 Å². The van der Waals surface area contributed by atoms with Gasteiger partial charge in [0.2, 0.25) is 5.91 Å². The molecule has 0 N–H and O–H groups in total. The predicted octanol–water partition coefficient (Wildman–Crippen LogP) is 2.96. The lowest BCUT2D eigenvalue weighted by Crippen LogP contribution is -2.35. The van der Waals surface area contributed by atoms with Gasteiger partial charge in [-0.3, -0.25) is 4.79 Å². The van der Waals surface area contributed by atoms with Crippen LogP contribution in [-0.2, 0) is 14.6 Å². The molecule has 0 aliphatic carbocycles. The zero-order valence-corrected chi connectivity index (χ0v) is 15.7. The molecule has 0 unspecified atom stereocenters. The summed E-state index contributed by atoms with van der Waals surface area (Å²) in [6.45, 7) is 2.51. The third-order valence-corrected chi connectivity index (χ3v) is 5.56. The Morgan fingerprint density at radius 1 is 1.12 bits per heavy atom. The molecule has 0 saturated heterocycles. The van der Waals surface area contributed by atoms with Crippen LogP contribution in [0.3, 0.4) is 0 Å². The highest BCUT2D eigenvalue weighted by molar-refractivity contribution is 7.92. The summed E-state index contributed by atoms with van der Waals surface area (Å²) in [4.78, 5) is 13.6. The van der Waals surface area contributed by atoms with Crippen LogP contribution in [0.15, 0.2) is 53.4 Å². The van der Waals surface area contributed by atoms with E-state index in [1.54, 1.807) is 7.05 Å². The third-order valence-electron chi connectivity index (χ3n) is 3.69. The summed E-state index contributed by atoms with van der Waals surface area (Å²) in [5, 5.41) is 0.441. The van der Waals surface area contributed by atoms with Gasteiger partial charge in [0.15, 0.2) is 9.84 Å². The van der Waals surface area contributed by atoms with Crippen molar-refractivity contribution in [1.29, 1.82) is 0 Å². The van der Waals surface area contributed by atoms with Crippen molar-refractivity contribution in [2.45, 2.75) is 11.8 Å². The minimum Gasteiger partial charge on any atom is -0.491 e. The summed E-state index contributed by atoms with van der Waals surface area (Å²) in [6, 6.07) is 13.3. The summed E-state index contributed by atoms with van der Waals surface area (Å²) in [5.41, 5.74) is 1.00. The zero-order chi connectivity index (χ0) is 18.4. The average molecular weight is 382 g/mol. The van der Waals surface area contributed by atoms with Crippen LogP contribution < -0.4 is 4.74 Å². The van der Waals surface area contributed by atoms with Crippen molar-refractivity contribution in [2.24, 2.45) is 0 Å². The topological polar surface area (TPSA) is 63.7 Å². The molecule has 5 nitrogen and oxygen atoms in total. The van der Waals surface area contributed by atoms with Gasteiger partial charge in [-0.25, -0.2) is 8.42 Å². The summed E-state index contributed by atoms with van der Waals surface area (Å²) < 4.78 is 30.2. The number of aryl methyl sites for hydroxylation is 1. The largest absolute Gasteiger partial charge is 0.491 e. The maximum Gasteiger partial charge on any atom is 0.238 e. The first-order valence-corrected chi connectivity index (χ1v) is 9.73. The molecule has 0 aromatic heterocycles. The van der Waals surface area contributed by atoms with E-state index in [0.717, 1.165) is 11.3 Å². The predicted molar refractivity (Wildman–Crippen MR) is 97.8 cm³/mol. The molecule has 0 atom stereocenters. The number of para-hydroxylation sites is 1. The standard InChI is InChI=1S/C18H20ClNO4S/c1-14-5-3-4-6-17(14)24-12-11-20(2)18(21)13-25(22,23)16-9-7-15(19)8-10-16/h3-10H,11-13H2,1-2H3. The van der Waals surface area contributed by atoms with Crippen LogP contribution >= 0.6 is 11.6 Å². The van der Waals surface area contributed by atoms with E-state index in [4.69, 9.17) is 16.3 Å². The van der Waals surface area contributed by atoms with Gasteiger partial charge >= 0.3 is 0 Å². The van der Waals surface area contributed by atoms with Gasteiger partial charge in [-0.05, 0) is 42.8 Å². The highest BCUT2D eigenvalue weighted by Gasteiger charge is 2.21. The highest BCUT2D eigenvalue weighted by Crippen LogP contribution is 2.17. The van der Waals surface area contributed by atoms with Crippen LogP contribution in [0.1, 0.15) is 5.56 Å². The zero-order valence-electron chi connectivity index (χ0n) is 14.1. The first kappa shape index (κ1) is 19.3. The Bertz CT molecular complexity index is 834. The van der Waals surface area contributed by atoms with E-state index in [9.17, 15) is 13.2 Å². The molecule has 0 heterocycles. The van der Waals surface area contributed by atoms with Crippen LogP contribution in [0.5, 0.6) is 5.75 Å². The summed E-state index contributed by atoms with van der Waals surface area (Å²) >= 11 is 5.75. The van der Waals surface area contributed by atoms with Crippen molar-refractivity contribution >= 4 is 27.3 Å². The fraction of sp³-hybridized carbons (Fsp3) is 0.278. The number of hydrogen-bond donors (Lipinski definition) is 0. The number of benzene rings is 2. The van der Waals surface area contributed by atoms with Gasteiger partial charge in [0.25, 0.3) is 0 Å². The van der Waals surface area contributed by atoms with Gasteiger partial charge in [-0.15, -0.1) is 0 Å². The Balaban J connectivity index is 1.89. The molecule has 0 bridgehead atoms. The summed E-state index contributed by atoms with van der Waals surface area (Å²) in [7, 11) is -2.14. The van der Waals surface area contributed by atoms with E-state index in [1.807, 2.05) is 31.2 Å². The van der Waals surface area contributed by atoms with Crippen molar-refractivity contribution in [1.82, 2.24) is 4.90 Å². The maximum atomic E-state index is 12.3. The molecule has 1 amide bonds. The number of carbonyl (C=O) groups is 1. The molecule has 25 heavy (non-hydrogen) atoms. The Hall–Kier alpha value is -2.05. The number of carbonyl (C=O) groups excluding carboxylic acids is 1. The number of hydrogen-bond acceptors (Lipinski definition) is 4. The van der Waals surface area contributed by atoms with E-state index in [2.05, 4.69) is 0 Å². The lowest BCUT2D eigenvalue weighted by molar-refractivity contribution is -0.127. The molecular weight excluding hydrogens is 362 g/mol. The van der Waals surface area contributed by atoms with Gasteiger partial charge in [0.1, 0.15) is 18.1 Å². The lowest BCUT2D eigenvalue weighted by atomic mass is 10.2. The van der Waals surface area contributed by atoms with E-state index in [-0.39, 0.29) is 11.5 Å². The van der Waals surface area contributed by atoms with Crippen molar-refractivity contribution in [3.05, 3.63) is 59.1 Å². The van der Waals surface area contributed by atoms with Gasteiger partial charge < -0.3 is 9.64 Å². The van der Waals surface area contributed by atoms with Crippen LogP contribution in [0.4, 0.5) is 0 Å². The Kier molecular flexibility index (Phi) is 6.45. The fourth-order valence-corrected chi connectivity index (χ4v) is 3.52. The van der Waals surface area contributed by atoms with Crippen molar-refractivity contribution < 1.29 is 17.9 Å². The lowest BCUT2D eigenvalue weighted by Gasteiger charge is -2.18. The molecular formula is C18H20ClNO4S. The number of nitrogens with zero attached hydrogens (tertiary/aromatic N) is 1. The Morgan fingerprint density at radius 3 is 2.40 bits per heavy atom. The minimum absolute atomic E-state index is 0.0785. The van der Waals surface area contributed by atoms with Crippen molar-refractivity contribution in [2.75, 3.05) is 26.0 Å². The average Bonchev–Trinajstić information content (AvgIpc) is 2.56. The molecule has 0 saturated carbocycles. The first-order valence-electron chi connectivity index (χ1n) is 7.70. The molecule has 134 valence electrons. The SMILES string of the molecule is Cc1ccccc1OCCN(C)C(=O)CS(=O)(=O)c1ccc(Cl)cc1.